The summed E-state index contributed by atoms with van der Waals surface area (Å²) < 4.78 is 50.7. The molecule has 0 fully saturated rings. The van der Waals surface area contributed by atoms with Crippen molar-refractivity contribution in [1.29, 1.82) is 0 Å². The van der Waals surface area contributed by atoms with Gasteiger partial charge in [0, 0.05) is 30.0 Å². The molecule has 2 heterocycles. The van der Waals surface area contributed by atoms with E-state index in [0.717, 1.165) is 5.56 Å². The van der Waals surface area contributed by atoms with E-state index in [4.69, 9.17) is 9.63 Å². The summed E-state index contributed by atoms with van der Waals surface area (Å²) in [6, 6.07) is 4.95. The summed E-state index contributed by atoms with van der Waals surface area (Å²) in [6.45, 7) is 4.78. The zero-order chi connectivity index (χ0) is 23.2. The zero-order valence-corrected chi connectivity index (χ0v) is 18.2. The molecule has 0 bridgehead atoms. The van der Waals surface area contributed by atoms with Crippen molar-refractivity contribution >= 4 is 16.9 Å². The van der Waals surface area contributed by atoms with Crippen molar-refractivity contribution in [3.63, 3.8) is 0 Å². The molecule has 0 saturated carbocycles. The molecule has 1 aliphatic heterocycles. The molecule has 32 heavy (non-hydrogen) atoms. The van der Waals surface area contributed by atoms with Gasteiger partial charge in [-0.05, 0) is 74.6 Å². The molecule has 2 atom stereocenters. The van der Waals surface area contributed by atoms with E-state index in [1.165, 1.54) is 32.2 Å². The number of hydrogen-bond acceptors (Lipinski definition) is 4. The largest absolute Gasteiger partial charge is 0.481 e. The van der Waals surface area contributed by atoms with Crippen molar-refractivity contribution in [2.24, 2.45) is 0 Å². The normalized spacial score (nSPS) is 19.3. The number of nitrogens with zero attached hydrogens (tertiary/aromatic N) is 2. The summed E-state index contributed by atoms with van der Waals surface area (Å²) in [6.07, 6.45) is 1.90. The number of fused-ring (bicyclic) bond motifs is 2. The second kappa shape index (κ2) is 8.24. The quantitative estimate of drug-likeness (QED) is 0.563. The summed E-state index contributed by atoms with van der Waals surface area (Å²) >= 11 is 0. The number of carbonyl (C=O) groups is 1. The van der Waals surface area contributed by atoms with Gasteiger partial charge in [0.2, 0.25) is 0 Å². The second-order valence-electron chi connectivity index (χ2n) is 9.13. The molecule has 1 aliphatic rings. The Morgan fingerprint density at radius 1 is 1.25 bits per heavy atom. The first kappa shape index (κ1) is 22.3. The number of aliphatic carboxylic acids is 1. The van der Waals surface area contributed by atoms with E-state index >= 15 is 8.78 Å². The Kier molecular flexibility index (Phi) is 5.75. The van der Waals surface area contributed by atoms with Crippen molar-refractivity contribution < 1.29 is 27.6 Å². The first-order valence-corrected chi connectivity index (χ1v) is 10.5. The first-order chi connectivity index (χ1) is 15.0. The van der Waals surface area contributed by atoms with Crippen LogP contribution in [0.25, 0.3) is 11.0 Å². The third kappa shape index (κ3) is 4.37. The van der Waals surface area contributed by atoms with Crippen LogP contribution in [0.2, 0.25) is 0 Å². The van der Waals surface area contributed by atoms with E-state index in [0.29, 0.717) is 23.0 Å². The van der Waals surface area contributed by atoms with Gasteiger partial charge in [0.25, 0.3) is 0 Å². The van der Waals surface area contributed by atoms with Crippen molar-refractivity contribution in [3.05, 3.63) is 64.4 Å². The van der Waals surface area contributed by atoms with Gasteiger partial charge in [-0.15, -0.1) is 0 Å². The maximum absolute atomic E-state index is 15.4. The molecular weight excluding hydrogens is 421 g/mol. The van der Waals surface area contributed by atoms with Gasteiger partial charge in [0.15, 0.2) is 5.58 Å². The molecule has 5 nitrogen and oxygen atoms in total. The maximum Gasteiger partial charge on any atom is 0.303 e. The molecule has 3 aromatic rings. The van der Waals surface area contributed by atoms with Gasteiger partial charge in [0.1, 0.15) is 17.3 Å². The minimum atomic E-state index is -1.58. The van der Waals surface area contributed by atoms with Crippen molar-refractivity contribution in [2.45, 2.75) is 57.8 Å². The van der Waals surface area contributed by atoms with E-state index in [9.17, 15) is 9.18 Å². The Labute approximate surface area is 183 Å². The number of halogens is 3. The number of aryl methyl sites for hydroxylation is 1. The third-order valence-corrected chi connectivity index (χ3v) is 5.92. The van der Waals surface area contributed by atoms with Crippen molar-refractivity contribution in [3.8, 4) is 0 Å². The highest BCUT2D eigenvalue weighted by molar-refractivity contribution is 5.78. The van der Waals surface area contributed by atoms with Crippen LogP contribution in [0.4, 0.5) is 13.2 Å². The predicted molar refractivity (Wildman–Crippen MR) is 113 cm³/mol. The molecule has 0 aliphatic carbocycles. The Balaban J connectivity index is 1.87. The van der Waals surface area contributed by atoms with Gasteiger partial charge >= 0.3 is 5.97 Å². The van der Waals surface area contributed by atoms with E-state index in [1.807, 2.05) is 13.0 Å². The van der Waals surface area contributed by atoms with Crippen LogP contribution in [0.5, 0.6) is 0 Å². The molecule has 2 aromatic carbocycles. The van der Waals surface area contributed by atoms with E-state index in [2.05, 4.69) is 5.16 Å². The van der Waals surface area contributed by atoms with Crippen LogP contribution >= 0.6 is 0 Å². The Hall–Kier alpha value is -2.87. The minimum absolute atomic E-state index is 0.0143. The maximum atomic E-state index is 15.4. The number of benzene rings is 2. The molecule has 0 radical (unpaired) electrons. The van der Waals surface area contributed by atoms with Gasteiger partial charge in [-0.1, -0.05) is 5.16 Å². The molecule has 170 valence electrons. The number of carboxylic acids is 1. The van der Waals surface area contributed by atoms with Gasteiger partial charge in [0.05, 0.1) is 12.2 Å². The van der Waals surface area contributed by atoms with E-state index in [1.54, 1.807) is 11.0 Å². The molecule has 0 saturated heterocycles. The van der Waals surface area contributed by atoms with Crippen molar-refractivity contribution in [2.75, 3.05) is 6.54 Å². The number of aromatic nitrogens is 1. The summed E-state index contributed by atoms with van der Waals surface area (Å²) in [4.78, 5) is 12.6. The SMILES string of the molecule is CC1Cc2cc3oncc3cc2C(c2c(F)cc(CCC(=O)O)cc2F)N1CC(C)(C)F. The number of carboxylic acid groups (broad SMARTS) is 1. The summed E-state index contributed by atoms with van der Waals surface area (Å²) in [5.41, 5.74) is 0.644. The van der Waals surface area contributed by atoms with Gasteiger partial charge < -0.3 is 9.63 Å². The Bertz CT molecular complexity index is 1150. The van der Waals surface area contributed by atoms with E-state index in [-0.39, 0.29) is 36.6 Å². The van der Waals surface area contributed by atoms with Gasteiger partial charge in [-0.3, -0.25) is 9.69 Å². The number of hydrogen-bond donors (Lipinski definition) is 1. The van der Waals surface area contributed by atoms with Crippen LogP contribution < -0.4 is 0 Å². The molecule has 1 aromatic heterocycles. The van der Waals surface area contributed by atoms with Crippen LogP contribution in [0.3, 0.4) is 0 Å². The fraction of sp³-hybridized carbons (Fsp3) is 0.417. The van der Waals surface area contributed by atoms with Crippen LogP contribution in [0.15, 0.2) is 35.0 Å². The lowest BCUT2D eigenvalue weighted by Crippen LogP contribution is -2.48. The highest BCUT2D eigenvalue weighted by Gasteiger charge is 2.39. The predicted octanol–water partition coefficient (Wildman–Crippen LogP) is 5.21. The van der Waals surface area contributed by atoms with Gasteiger partial charge in [-0.2, -0.15) is 0 Å². The van der Waals surface area contributed by atoms with Crippen molar-refractivity contribution in [1.82, 2.24) is 10.1 Å². The highest BCUT2D eigenvalue weighted by Crippen LogP contribution is 2.42. The second-order valence-corrected chi connectivity index (χ2v) is 9.13. The number of rotatable bonds is 6. The fourth-order valence-corrected chi connectivity index (χ4v) is 4.57. The minimum Gasteiger partial charge on any atom is -0.481 e. The molecule has 4 rings (SSSR count). The molecule has 0 amide bonds. The summed E-state index contributed by atoms with van der Waals surface area (Å²) in [7, 11) is 0. The topological polar surface area (TPSA) is 66.6 Å². The van der Waals surface area contributed by atoms with Crippen LogP contribution in [-0.4, -0.2) is 39.4 Å². The Morgan fingerprint density at radius 2 is 1.94 bits per heavy atom. The monoisotopic (exact) mass is 446 g/mol. The first-order valence-electron chi connectivity index (χ1n) is 10.5. The zero-order valence-electron chi connectivity index (χ0n) is 18.2. The molecule has 1 N–H and O–H groups in total. The lowest BCUT2D eigenvalue weighted by molar-refractivity contribution is -0.136. The molecule has 8 heteroatoms. The molecular formula is C24H25F3N2O3. The smallest absolute Gasteiger partial charge is 0.303 e. The highest BCUT2D eigenvalue weighted by atomic mass is 19.1. The van der Waals surface area contributed by atoms with Crippen LogP contribution in [0.1, 0.15) is 55.5 Å². The average molecular weight is 446 g/mol. The fourth-order valence-electron chi connectivity index (χ4n) is 4.57. The standard InChI is InChI=1S/C24H25F3N2O3/c1-13-6-15-10-20-16(11-28-32-20)9-17(15)23(29(13)12-24(2,3)27)22-18(25)7-14(8-19(22)26)4-5-21(30)31/h7-11,13,23H,4-6,12H2,1-3H3,(H,30,31). The summed E-state index contributed by atoms with van der Waals surface area (Å²) in [5.74, 6) is -2.59. The lowest BCUT2D eigenvalue weighted by atomic mass is 9.83. The number of alkyl halides is 1. The van der Waals surface area contributed by atoms with Crippen LogP contribution in [0, 0.1) is 11.6 Å². The third-order valence-electron chi connectivity index (χ3n) is 5.92. The van der Waals surface area contributed by atoms with E-state index < -0.39 is 29.3 Å². The van der Waals surface area contributed by atoms with Gasteiger partial charge in [-0.25, -0.2) is 13.2 Å². The molecule has 0 spiro atoms. The Morgan fingerprint density at radius 3 is 2.56 bits per heavy atom. The van der Waals surface area contributed by atoms with Crippen LogP contribution in [-0.2, 0) is 17.6 Å². The lowest BCUT2D eigenvalue weighted by Gasteiger charge is -2.44. The summed E-state index contributed by atoms with van der Waals surface area (Å²) in [5, 5.41) is 13.4. The average Bonchev–Trinajstić information content (AvgIpc) is 3.13. The molecule has 2 unspecified atom stereocenters.